The highest BCUT2D eigenvalue weighted by Gasteiger charge is 2.35. The van der Waals surface area contributed by atoms with E-state index in [-0.39, 0.29) is 18.1 Å². The number of methoxy groups -OCH3 is 1. The highest BCUT2D eigenvalue weighted by Crippen LogP contribution is 2.29. The molecule has 104 valence electrons. The first-order chi connectivity index (χ1) is 9.02. The number of amides is 2. The number of carbonyl (C=O) groups excluding carboxylic acids is 1. The first-order valence-electron chi connectivity index (χ1n) is 6.44. The number of likely N-dealkylation sites (N-methyl/N-ethyl adjacent to an activating group) is 1. The number of hydrogen-bond donors (Lipinski definition) is 1. The fraction of sp³-hybridized carbons (Fsp3) is 0.500. The standard InChI is InChI=1S/C14H21N3O2/c1-10(15)8-17-9-13(16(2)14(17)18)11-5-4-6-12(7-11)19-3/h4-7,10,13H,8-9,15H2,1-3H3. The molecule has 1 aromatic carbocycles. The molecule has 5 heteroatoms. The summed E-state index contributed by atoms with van der Waals surface area (Å²) in [6, 6.07) is 7.92. The van der Waals surface area contributed by atoms with Gasteiger partial charge in [0.15, 0.2) is 0 Å². The Morgan fingerprint density at radius 2 is 2.26 bits per heavy atom. The summed E-state index contributed by atoms with van der Waals surface area (Å²) >= 11 is 0. The van der Waals surface area contributed by atoms with Gasteiger partial charge in [-0.1, -0.05) is 12.1 Å². The highest BCUT2D eigenvalue weighted by molar-refractivity contribution is 5.77. The third-order valence-electron chi connectivity index (χ3n) is 3.42. The number of urea groups is 1. The van der Waals surface area contributed by atoms with Crippen molar-refractivity contribution in [3.63, 3.8) is 0 Å². The van der Waals surface area contributed by atoms with Crippen molar-refractivity contribution < 1.29 is 9.53 Å². The van der Waals surface area contributed by atoms with E-state index in [0.29, 0.717) is 13.1 Å². The molecule has 0 aromatic heterocycles. The van der Waals surface area contributed by atoms with Crippen LogP contribution in [-0.4, -0.2) is 49.1 Å². The minimum Gasteiger partial charge on any atom is -0.497 e. The van der Waals surface area contributed by atoms with Crippen LogP contribution >= 0.6 is 0 Å². The number of hydrogen-bond acceptors (Lipinski definition) is 3. The van der Waals surface area contributed by atoms with Crippen LogP contribution in [0.2, 0.25) is 0 Å². The van der Waals surface area contributed by atoms with Crippen LogP contribution in [0, 0.1) is 0 Å². The molecule has 0 radical (unpaired) electrons. The van der Waals surface area contributed by atoms with Gasteiger partial charge in [0.05, 0.1) is 13.2 Å². The van der Waals surface area contributed by atoms with E-state index >= 15 is 0 Å². The summed E-state index contributed by atoms with van der Waals surface area (Å²) in [6.07, 6.45) is 0. The molecule has 1 saturated heterocycles. The van der Waals surface area contributed by atoms with Crippen molar-refractivity contribution in [3.05, 3.63) is 29.8 Å². The van der Waals surface area contributed by atoms with E-state index in [1.54, 1.807) is 16.9 Å². The number of benzene rings is 1. The van der Waals surface area contributed by atoms with Crippen LogP contribution in [0.15, 0.2) is 24.3 Å². The van der Waals surface area contributed by atoms with E-state index in [2.05, 4.69) is 0 Å². The Hall–Kier alpha value is -1.75. The molecular formula is C14H21N3O2. The van der Waals surface area contributed by atoms with Gasteiger partial charge in [-0.15, -0.1) is 0 Å². The molecule has 1 aliphatic heterocycles. The van der Waals surface area contributed by atoms with Gasteiger partial charge in [-0.2, -0.15) is 0 Å². The predicted octanol–water partition coefficient (Wildman–Crippen LogP) is 1.45. The molecule has 1 aliphatic rings. The van der Waals surface area contributed by atoms with Gasteiger partial charge in [0.25, 0.3) is 0 Å². The Morgan fingerprint density at radius 1 is 1.53 bits per heavy atom. The predicted molar refractivity (Wildman–Crippen MR) is 74.1 cm³/mol. The molecule has 2 N–H and O–H groups in total. The molecule has 0 spiro atoms. The summed E-state index contributed by atoms with van der Waals surface area (Å²) in [6.45, 7) is 3.17. The molecule has 5 nitrogen and oxygen atoms in total. The average molecular weight is 263 g/mol. The molecule has 2 unspecified atom stereocenters. The molecular weight excluding hydrogens is 242 g/mol. The Bertz CT molecular complexity index is 462. The largest absolute Gasteiger partial charge is 0.497 e. The molecule has 2 amide bonds. The topological polar surface area (TPSA) is 58.8 Å². The van der Waals surface area contributed by atoms with Crippen LogP contribution in [0.3, 0.4) is 0 Å². The van der Waals surface area contributed by atoms with E-state index < -0.39 is 0 Å². The zero-order valence-corrected chi connectivity index (χ0v) is 11.7. The van der Waals surface area contributed by atoms with E-state index in [1.807, 2.05) is 38.2 Å². The van der Waals surface area contributed by atoms with Crippen LogP contribution in [0.5, 0.6) is 5.75 Å². The normalized spacial score (nSPS) is 20.8. The number of ether oxygens (including phenoxy) is 1. The minimum atomic E-state index is -0.0126. The molecule has 1 aromatic rings. The summed E-state index contributed by atoms with van der Waals surface area (Å²) in [5, 5.41) is 0. The van der Waals surface area contributed by atoms with E-state index in [0.717, 1.165) is 11.3 Å². The lowest BCUT2D eigenvalue weighted by atomic mass is 10.1. The van der Waals surface area contributed by atoms with Crippen molar-refractivity contribution in [1.82, 2.24) is 9.80 Å². The quantitative estimate of drug-likeness (QED) is 0.894. The first kappa shape index (κ1) is 13.7. The average Bonchev–Trinajstić information content (AvgIpc) is 2.67. The lowest BCUT2D eigenvalue weighted by molar-refractivity contribution is 0.194. The van der Waals surface area contributed by atoms with Gasteiger partial charge in [0.2, 0.25) is 0 Å². The second kappa shape index (κ2) is 5.48. The molecule has 2 rings (SSSR count). The summed E-state index contributed by atoms with van der Waals surface area (Å²) in [5.41, 5.74) is 6.86. The second-order valence-electron chi connectivity index (χ2n) is 5.07. The van der Waals surface area contributed by atoms with Gasteiger partial charge in [-0.05, 0) is 24.6 Å². The van der Waals surface area contributed by atoms with Gasteiger partial charge >= 0.3 is 6.03 Å². The van der Waals surface area contributed by atoms with Gasteiger partial charge < -0.3 is 20.3 Å². The molecule has 0 saturated carbocycles. The van der Waals surface area contributed by atoms with Gasteiger partial charge in [0, 0.05) is 26.2 Å². The SMILES string of the molecule is COc1cccc(C2CN(CC(C)N)C(=O)N2C)c1. The van der Waals surface area contributed by atoms with Crippen LogP contribution in [-0.2, 0) is 0 Å². The van der Waals surface area contributed by atoms with Crippen molar-refractivity contribution in [3.8, 4) is 5.75 Å². The maximum absolute atomic E-state index is 12.1. The molecule has 0 bridgehead atoms. The summed E-state index contributed by atoms with van der Waals surface area (Å²) in [5.74, 6) is 0.809. The Morgan fingerprint density at radius 3 is 2.89 bits per heavy atom. The zero-order chi connectivity index (χ0) is 14.0. The Labute approximate surface area is 113 Å². The number of rotatable bonds is 4. The third kappa shape index (κ3) is 2.81. The van der Waals surface area contributed by atoms with Gasteiger partial charge in [0.1, 0.15) is 5.75 Å². The van der Waals surface area contributed by atoms with Crippen LogP contribution in [0.4, 0.5) is 4.79 Å². The van der Waals surface area contributed by atoms with E-state index in [9.17, 15) is 4.79 Å². The van der Waals surface area contributed by atoms with Crippen molar-refractivity contribution in [1.29, 1.82) is 0 Å². The molecule has 0 aliphatic carbocycles. The lowest BCUT2D eigenvalue weighted by Gasteiger charge is -2.18. The lowest BCUT2D eigenvalue weighted by Crippen LogP contribution is -2.38. The third-order valence-corrected chi connectivity index (χ3v) is 3.42. The number of carbonyl (C=O) groups is 1. The van der Waals surface area contributed by atoms with E-state index in [4.69, 9.17) is 10.5 Å². The highest BCUT2D eigenvalue weighted by atomic mass is 16.5. The summed E-state index contributed by atoms with van der Waals surface area (Å²) in [7, 11) is 3.47. The van der Waals surface area contributed by atoms with Crippen molar-refractivity contribution in [2.75, 3.05) is 27.2 Å². The molecule has 1 heterocycles. The van der Waals surface area contributed by atoms with Crippen molar-refractivity contribution in [2.45, 2.75) is 19.0 Å². The minimum absolute atomic E-state index is 0.0126. The summed E-state index contributed by atoms with van der Waals surface area (Å²) < 4.78 is 5.23. The Kier molecular flexibility index (Phi) is 3.95. The van der Waals surface area contributed by atoms with Crippen molar-refractivity contribution >= 4 is 6.03 Å². The first-order valence-corrected chi connectivity index (χ1v) is 6.44. The zero-order valence-electron chi connectivity index (χ0n) is 11.7. The summed E-state index contributed by atoms with van der Waals surface area (Å²) in [4.78, 5) is 15.7. The number of nitrogens with zero attached hydrogens (tertiary/aromatic N) is 2. The maximum Gasteiger partial charge on any atom is 0.320 e. The number of nitrogens with two attached hydrogens (primary N) is 1. The van der Waals surface area contributed by atoms with Crippen LogP contribution in [0.25, 0.3) is 0 Å². The fourth-order valence-electron chi connectivity index (χ4n) is 2.44. The van der Waals surface area contributed by atoms with Gasteiger partial charge in [-0.25, -0.2) is 4.79 Å². The molecule has 1 fully saturated rings. The van der Waals surface area contributed by atoms with E-state index in [1.165, 1.54) is 0 Å². The van der Waals surface area contributed by atoms with Gasteiger partial charge in [-0.3, -0.25) is 0 Å². The molecule has 2 atom stereocenters. The fourth-order valence-corrected chi connectivity index (χ4v) is 2.44. The maximum atomic E-state index is 12.1. The van der Waals surface area contributed by atoms with Crippen molar-refractivity contribution in [2.24, 2.45) is 5.73 Å². The second-order valence-corrected chi connectivity index (χ2v) is 5.07. The van der Waals surface area contributed by atoms with Crippen LogP contribution < -0.4 is 10.5 Å². The van der Waals surface area contributed by atoms with Crippen LogP contribution in [0.1, 0.15) is 18.5 Å². The molecule has 19 heavy (non-hydrogen) atoms. The Balaban J connectivity index is 2.18. The smallest absolute Gasteiger partial charge is 0.320 e. The monoisotopic (exact) mass is 263 g/mol.